The molecule has 0 N–H and O–H groups in total. The van der Waals surface area contributed by atoms with Crippen LogP contribution in [0.3, 0.4) is 0 Å². The second kappa shape index (κ2) is 10.8. The van der Waals surface area contributed by atoms with Gasteiger partial charge in [0.2, 0.25) is 5.88 Å². The quantitative estimate of drug-likeness (QED) is 0.398. The molecule has 3 heterocycles. The van der Waals surface area contributed by atoms with E-state index < -0.39 is 17.8 Å². The maximum absolute atomic E-state index is 13.8. The summed E-state index contributed by atoms with van der Waals surface area (Å²) in [6.45, 7) is 9.77. The molecule has 9 heteroatoms. The van der Waals surface area contributed by atoms with Crippen LogP contribution >= 0.6 is 0 Å². The van der Waals surface area contributed by atoms with Crippen molar-refractivity contribution in [2.45, 2.75) is 59.4 Å². The van der Waals surface area contributed by atoms with Crippen molar-refractivity contribution in [3.05, 3.63) is 71.2 Å². The number of hydrogen-bond acceptors (Lipinski definition) is 5. The molecule has 3 aromatic heterocycles. The molecular formula is C26H29F3N4O2. The molecule has 0 aromatic carbocycles. The van der Waals surface area contributed by atoms with Gasteiger partial charge in [0, 0.05) is 31.2 Å². The number of aryl methyl sites for hydroxylation is 2. The van der Waals surface area contributed by atoms with Crippen LogP contribution in [0.1, 0.15) is 54.2 Å². The van der Waals surface area contributed by atoms with E-state index in [0.29, 0.717) is 29.9 Å². The molecule has 0 saturated heterocycles. The molecule has 35 heavy (non-hydrogen) atoms. The highest BCUT2D eigenvalue weighted by Crippen LogP contribution is 2.30. The predicted octanol–water partition coefficient (Wildman–Crippen LogP) is 5.88. The van der Waals surface area contributed by atoms with Gasteiger partial charge in [0.25, 0.3) is 5.91 Å². The monoisotopic (exact) mass is 486 g/mol. The van der Waals surface area contributed by atoms with Gasteiger partial charge in [0.05, 0.1) is 22.9 Å². The first-order valence-corrected chi connectivity index (χ1v) is 11.5. The van der Waals surface area contributed by atoms with Crippen LogP contribution in [0, 0.1) is 13.8 Å². The van der Waals surface area contributed by atoms with Gasteiger partial charge < -0.3 is 9.64 Å². The molecule has 0 aliphatic heterocycles. The summed E-state index contributed by atoms with van der Waals surface area (Å²) in [4.78, 5) is 28.3. The number of rotatable bonds is 8. The number of halogens is 3. The molecule has 0 saturated carbocycles. The fourth-order valence-corrected chi connectivity index (χ4v) is 4.03. The third-order valence-electron chi connectivity index (χ3n) is 5.82. The first-order chi connectivity index (χ1) is 16.6. The van der Waals surface area contributed by atoms with E-state index in [4.69, 9.17) is 4.74 Å². The van der Waals surface area contributed by atoms with Gasteiger partial charge in [-0.1, -0.05) is 13.0 Å². The number of carbonyl (C=O) groups is 1. The second-order valence-corrected chi connectivity index (χ2v) is 8.35. The molecule has 3 aromatic rings. The summed E-state index contributed by atoms with van der Waals surface area (Å²) < 4.78 is 44.4. The van der Waals surface area contributed by atoms with Crippen molar-refractivity contribution in [3.8, 4) is 17.3 Å². The molecule has 0 fully saturated rings. The number of likely N-dealkylation sites (N-methyl/N-ethyl adjacent to an activating group) is 1. The number of aromatic nitrogens is 3. The van der Waals surface area contributed by atoms with Crippen molar-refractivity contribution in [2.75, 3.05) is 6.54 Å². The Morgan fingerprint density at radius 2 is 1.80 bits per heavy atom. The topological polar surface area (TPSA) is 68.2 Å². The molecule has 0 aliphatic rings. The Labute approximate surface area is 203 Å². The Hall–Kier alpha value is -3.49. The maximum Gasteiger partial charge on any atom is 0.417 e. The normalized spacial score (nSPS) is 13.3. The molecule has 2 unspecified atom stereocenters. The average molecular weight is 487 g/mol. The Morgan fingerprint density at radius 1 is 1.06 bits per heavy atom. The number of alkyl halides is 3. The Morgan fingerprint density at radius 3 is 2.37 bits per heavy atom. The molecule has 0 radical (unpaired) electrons. The van der Waals surface area contributed by atoms with Crippen LogP contribution < -0.4 is 4.74 Å². The van der Waals surface area contributed by atoms with Gasteiger partial charge in [-0.05, 0) is 63.4 Å². The van der Waals surface area contributed by atoms with Crippen molar-refractivity contribution in [2.24, 2.45) is 0 Å². The van der Waals surface area contributed by atoms with E-state index in [2.05, 4.69) is 15.0 Å². The summed E-state index contributed by atoms with van der Waals surface area (Å²) in [6.07, 6.45) is -0.316. The molecule has 2 atom stereocenters. The van der Waals surface area contributed by atoms with Crippen molar-refractivity contribution in [1.29, 1.82) is 0 Å². The first kappa shape index (κ1) is 26.1. The van der Waals surface area contributed by atoms with E-state index in [1.165, 1.54) is 6.07 Å². The van der Waals surface area contributed by atoms with Crippen LogP contribution in [-0.4, -0.2) is 44.4 Å². The molecule has 6 nitrogen and oxygen atoms in total. The van der Waals surface area contributed by atoms with Crippen molar-refractivity contribution >= 4 is 5.91 Å². The van der Waals surface area contributed by atoms with Gasteiger partial charge in [0.15, 0.2) is 0 Å². The zero-order valence-electron chi connectivity index (χ0n) is 20.4. The highest BCUT2D eigenvalue weighted by Gasteiger charge is 2.32. The van der Waals surface area contributed by atoms with Gasteiger partial charge in [-0.2, -0.15) is 13.2 Å². The lowest BCUT2D eigenvalue weighted by molar-refractivity contribution is -0.137. The summed E-state index contributed by atoms with van der Waals surface area (Å²) in [7, 11) is 0. The van der Waals surface area contributed by atoms with Crippen molar-refractivity contribution in [3.63, 3.8) is 0 Å². The standard InChI is InChI=1S/C26H29F3N4O2/c1-6-21(18(5)35-22-11-10-19(15-31-22)26(27,28)29)33(7-2)25(34)20-13-16(3)14-32-24(20)23-17(4)9-8-12-30-23/h8-15,18,21H,6-7H2,1-5H3. The van der Waals surface area contributed by atoms with Gasteiger partial charge >= 0.3 is 6.18 Å². The molecular weight excluding hydrogens is 457 g/mol. The number of hydrogen-bond donors (Lipinski definition) is 0. The van der Waals surface area contributed by atoms with Crippen molar-refractivity contribution < 1.29 is 22.7 Å². The molecule has 1 amide bonds. The molecule has 0 aliphatic carbocycles. The molecule has 0 spiro atoms. The van der Waals surface area contributed by atoms with Gasteiger partial charge in [-0.15, -0.1) is 0 Å². The summed E-state index contributed by atoms with van der Waals surface area (Å²) in [6, 6.07) is 7.31. The van der Waals surface area contributed by atoms with Gasteiger partial charge in [-0.25, -0.2) is 4.98 Å². The highest BCUT2D eigenvalue weighted by molar-refractivity contribution is 6.00. The Bertz CT molecular complexity index is 1170. The lowest BCUT2D eigenvalue weighted by atomic mass is 10.0. The third kappa shape index (κ3) is 5.96. The summed E-state index contributed by atoms with van der Waals surface area (Å²) in [5.74, 6) is -0.152. The summed E-state index contributed by atoms with van der Waals surface area (Å²) in [5, 5.41) is 0. The van der Waals surface area contributed by atoms with Crippen LogP contribution in [0.5, 0.6) is 5.88 Å². The first-order valence-electron chi connectivity index (χ1n) is 11.5. The van der Waals surface area contributed by atoms with Crippen LogP contribution in [-0.2, 0) is 6.18 Å². The Kier molecular flexibility index (Phi) is 8.09. The second-order valence-electron chi connectivity index (χ2n) is 8.35. The Balaban J connectivity index is 1.90. The lowest BCUT2D eigenvalue weighted by Crippen LogP contribution is -2.48. The van der Waals surface area contributed by atoms with E-state index in [-0.39, 0.29) is 17.8 Å². The largest absolute Gasteiger partial charge is 0.472 e. The number of amides is 1. The van der Waals surface area contributed by atoms with Crippen LogP contribution in [0.2, 0.25) is 0 Å². The van der Waals surface area contributed by atoms with E-state index in [1.54, 1.807) is 30.3 Å². The van der Waals surface area contributed by atoms with Crippen LogP contribution in [0.15, 0.2) is 48.9 Å². The predicted molar refractivity (Wildman–Crippen MR) is 127 cm³/mol. The molecule has 0 bridgehead atoms. The molecule has 3 rings (SSSR count). The summed E-state index contributed by atoms with van der Waals surface area (Å²) in [5.41, 5.74) is 2.47. The highest BCUT2D eigenvalue weighted by atomic mass is 19.4. The number of pyridine rings is 3. The van der Waals surface area contributed by atoms with E-state index in [0.717, 1.165) is 23.4 Å². The lowest BCUT2D eigenvalue weighted by Gasteiger charge is -2.34. The van der Waals surface area contributed by atoms with E-state index >= 15 is 0 Å². The van der Waals surface area contributed by atoms with Gasteiger partial charge in [-0.3, -0.25) is 14.8 Å². The number of nitrogens with zero attached hydrogens (tertiary/aromatic N) is 4. The minimum absolute atomic E-state index is 0.0643. The van der Waals surface area contributed by atoms with E-state index in [9.17, 15) is 18.0 Å². The maximum atomic E-state index is 13.8. The average Bonchev–Trinajstić information content (AvgIpc) is 2.82. The SMILES string of the molecule is CCC(C(C)Oc1ccc(C(F)(F)F)cn1)N(CC)C(=O)c1cc(C)cnc1-c1ncccc1C. The van der Waals surface area contributed by atoms with Crippen molar-refractivity contribution in [1.82, 2.24) is 19.9 Å². The smallest absolute Gasteiger partial charge is 0.417 e. The minimum atomic E-state index is -4.47. The zero-order valence-corrected chi connectivity index (χ0v) is 20.4. The van der Waals surface area contributed by atoms with E-state index in [1.807, 2.05) is 39.8 Å². The van der Waals surface area contributed by atoms with Crippen LogP contribution in [0.4, 0.5) is 13.2 Å². The number of ether oxygens (including phenoxy) is 1. The van der Waals surface area contributed by atoms with Crippen LogP contribution in [0.25, 0.3) is 11.4 Å². The number of carbonyl (C=O) groups excluding carboxylic acids is 1. The minimum Gasteiger partial charge on any atom is -0.472 e. The molecule has 186 valence electrons. The third-order valence-corrected chi connectivity index (χ3v) is 5.82. The zero-order chi connectivity index (χ0) is 25.8. The van der Waals surface area contributed by atoms with Gasteiger partial charge in [0.1, 0.15) is 11.8 Å². The fraction of sp³-hybridized carbons (Fsp3) is 0.385. The fourth-order valence-electron chi connectivity index (χ4n) is 4.03. The summed E-state index contributed by atoms with van der Waals surface area (Å²) >= 11 is 0.